The molecule has 2 aliphatic heterocycles. The zero-order valence-electron chi connectivity index (χ0n) is 24.7. The van der Waals surface area contributed by atoms with E-state index in [4.69, 9.17) is 16.3 Å². The molecule has 252 valence electrons. The fourth-order valence-electron chi connectivity index (χ4n) is 6.30. The summed E-state index contributed by atoms with van der Waals surface area (Å²) in [6.45, 7) is 1.36. The Kier molecular flexibility index (Phi) is 9.52. The molecule has 0 aliphatic carbocycles. The summed E-state index contributed by atoms with van der Waals surface area (Å²) in [5.74, 6) is -3.78. The number of nitrogens with zero attached hydrogens (tertiary/aromatic N) is 3. The first-order chi connectivity index (χ1) is 22.1. The van der Waals surface area contributed by atoms with Crippen LogP contribution in [0.4, 0.5) is 26.3 Å². The SMILES string of the molecule is CCCC1N(C(=O)c2ncccc2C(F)(F)F)CCCC1(Oc1csc(C(F)(F)F)c1)C(=O)N1Cc2ccc(Cl)cc2CC1C(=O)O. The predicted molar refractivity (Wildman–Crippen MR) is 158 cm³/mol. The predicted octanol–water partition coefficient (Wildman–Crippen LogP) is 7.09. The molecule has 1 aromatic carbocycles. The Hall–Kier alpha value is -3.85. The van der Waals surface area contributed by atoms with Crippen molar-refractivity contribution < 1.29 is 50.6 Å². The largest absolute Gasteiger partial charge is 0.480 e. The van der Waals surface area contributed by atoms with Crippen LogP contribution in [0.3, 0.4) is 0 Å². The average molecular weight is 704 g/mol. The molecule has 2 aromatic heterocycles. The molecule has 0 spiro atoms. The monoisotopic (exact) mass is 703 g/mol. The highest BCUT2D eigenvalue weighted by Gasteiger charge is 2.57. The minimum Gasteiger partial charge on any atom is -0.480 e. The van der Waals surface area contributed by atoms with E-state index < -0.39 is 64.0 Å². The van der Waals surface area contributed by atoms with Gasteiger partial charge in [-0.05, 0) is 48.2 Å². The molecule has 3 aromatic rings. The summed E-state index contributed by atoms with van der Waals surface area (Å²) in [5, 5.41) is 11.6. The number of amides is 2. The number of alkyl halides is 6. The number of ether oxygens (including phenoxy) is 1. The van der Waals surface area contributed by atoms with Gasteiger partial charge in [-0.3, -0.25) is 14.6 Å². The van der Waals surface area contributed by atoms with E-state index in [1.807, 2.05) is 0 Å². The molecule has 4 heterocycles. The smallest absolute Gasteiger partial charge is 0.425 e. The summed E-state index contributed by atoms with van der Waals surface area (Å²) in [5.41, 5.74) is -3.22. The van der Waals surface area contributed by atoms with E-state index in [1.54, 1.807) is 25.1 Å². The molecule has 0 bridgehead atoms. The van der Waals surface area contributed by atoms with Crippen molar-refractivity contribution in [1.29, 1.82) is 0 Å². The number of rotatable bonds is 7. The minimum atomic E-state index is -4.94. The molecule has 47 heavy (non-hydrogen) atoms. The highest BCUT2D eigenvalue weighted by molar-refractivity contribution is 7.10. The summed E-state index contributed by atoms with van der Waals surface area (Å²) >= 11 is 6.44. The molecule has 2 aliphatic rings. The van der Waals surface area contributed by atoms with Gasteiger partial charge in [-0.2, -0.15) is 26.3 Å². The van der Waals surface area contributed by atoms with Crippen LogP contribution in [0.15, 0.2) is 48.0 Å². The van der Waals surface area contributed by atoms with E-state index in [2.05, 4.69) is 4.98 Å². The molecule has 0 saturated carbocycles. The normalized spacial score (nSPS) is 21.7. The zero-order valence-corrected chi connectivity index (χ0v) is 26.3. The number of pyridine rings is 1. The summed E-state index contributed by atoms with van der Waals surface area (Å²) in [6, 6.07) is 4.45. The second-order valence-electron chi connectivity index (χ2n) is 11.3. The molecule has 0 radical (unpaired) electrons. The van der Waals surface area contributed by atoms with Crippen LogP contribution in [0.25, 0.3) is 0 Å². The Morgan fingerprint density at radius 2 is 1.83 bits per heavy atom. The van der Waals surface area contributed by atoms with Gasteiger partial charge in [0.1, 0.15) is 22.4 Å². The highest BCUT2D eigenvalue weighted by atomic mass is 35.5. The third-order valence-corrected chi connectivity index (χ3v) is 9.55. The van der Waals surface area contributed by atoms with Crippen LogP contribution < -0.4 is 4.74 Å². The molecule has 3 atom stereocenters. The lowest BCUT2D eigenvalue weighted by Gasteiger charge is -2.51. The molecule has 1 N–H and O–H groups in total. The Bertz CT molecular complexity index is 1680. The van der Waals surface area contributed by atoms with Gasteiger partial charge in [-0.25, -0.2) is 4.79 Å². The van der Waals surface area contributed by atoms with Crippen molar-refractivity contribution in [2.45, 2.75) is 75.6 Å². The van der Waals surface area contributed by atoms with Gasteiger partial charge in [0.15, 0.2) is 0 Å². The van der Waals surface area contributed by atoms with Gasteiger partial charge in [0.2, 0.25) is 5.60 Å². The van der Waals surface area contributed by atoms with Crippen molar-refractivity contribution in [3.63, 3.8) is 0 Å². The van der Waals surface area contributed by atoms with E-state index >= 15 is 0 Å². The van der Waals surface area contributed by atoms with Crippen LogP contribution in [-0.2, 0) is 34.9 Å². The Labute approximate surface area is 273 Å². The number of likely N-dealkylation sites (tertiary alicyclic amines) is 1. The third kappa shape index (κ3) is 6.77. The maximum absolute atomic E-state index is 14.8. The number of carboxylic acid groups (broad SMARTS) is 1. The number of benzene rings is 1. The Morgan fingerprint density at radius 1 is 1.09 bits per heavy atom. The third-order valence-electron chi connectivity index (χ3n) is 8.36. The number of thiophene rings is 1. The van der Waals surface area contributed by atoms with E-state index in [1.165, 1.54) is 0 Å². The van der Waals surface area contributed by atoms with Gasteiger partial charge in [0.05, 0.1) is 11.6 Å². The maximum Gasteiger partial charge on any atom is 0.425 e. The first kappa shape index (κ1) is 34.5. The van der Waals surface area contributed by atoms with Gasteiger partial charge in [-0.1, -0.05) is 31.0 Å². The number of piperidine rings is 1. The summed E-state index contributed by atoms with van der Waals surface area (Å²) in [7, 11) is 0. The standard InChI is InChI=1S/C31H28ClF6N3O5S/c1-2-5-23-29(46-20-14-24(47-16-20)31(36,37)38,9-4-11-40(23)26(42)25-21(30(33,34)35)6-3-10-39-25)28(45)41-15-17-7-8-19(32)12-18(17)13-22(41)27(43)44/h3,6-8,10,12,14,16,22-23H,2,4-5,9,11,13,15H2,1H3,(H,43,44). The minimum absolute atomic E-state index is 0.0000822. The van der Waals surface area contributed by atoms with Gasteiger partial charge in [0, 0.05) is 48.6 Å². The van der Waals surface area contributed by atoms with E-state index in [9.17, 15) is 45.8 Å². The van der Waals surface area contributed by atoms with E-state index in [0.717, 1.165) is 27.4 Å². The number of hydrogen-bond donors (Lipinski definition) is 1. The molecule has 5 rings (SSSR count). The summed E-state index contributed by atoms with van der Waals surface area (Å²) in [6.07, 6.45) is -8.70. The van der Waals surface area contributed by atoms with E-state index in [0.29, 0.717) is 39.6 Å². The van der Waals surface area contributed by atoms with Crippen molar-refractivity contribution >= 4 is 40.7 Å². The van der Waals surface area contributed by atoms with Crippen LogP contribution in [-0.4, -0.2) is 61.9 Å². The molecule has 8 nitrogen and oxygen atoms in total. The number of carbonyl (C=O) groups is 3. The first-order valence-corrected chi connectivity index (χ1v) is 15.8. The van der Waals surface area contributed by atoms with Crippen LogP contribution >= 0.6 is 22.9 Å². The molecular formula is C31H28ClF6N3O5S. The van der Waals surface area contributed by atoms with Crippen molar-refractivity contribution in [3.05, 3.63) is 80.3 Å². The van der Waals surface area contributed by atoms with Crippen LogP contribution in [0.5, 0.6) is 5.75 Å². The van der Waals surface area contributed by atoms with Crippen LogP contribution in [0.1, 0.15) is 64.7 Å². The van der Waals surface area contributed by atoms with Gasteiger partial charge >= 0.3 is 18.3 Å². The van der Waals surface area contributed by atoms with Gasteiger partial charge < -0.3 is 19.6 Å². The fourth-order valence-corrected chi connectivity index (χ4v) is 7.18. The number of halogens is 7. The number of carboxylic acids is 1. The molecule has 1 saturated heterocycles. The molecular weight excluding hydrogens is 676 g/mol. The Balaban J connectivity index is 1.65. The van der Waals surface area contributed by atoms with Crippen molar-refractivity contribution in [1.82, 2.24) is 14.8 Å². The Morgan fingerprint density at radius 3 is 2.47 bits per heavy atom. The summed E-state index contributed by atoms with van der Waals surface area (Å²) in [4.78, 5) is 46.1. The number of fused-ring (bicyclic) bond motifs is 1. The number of carbonyl (C=O) groups excluding carboxylic acids is 2. The van der Waals surface area contributed by atoms with Crippen molar-refractivity contribution in [3.8, 4) is 5.75 Å². The lowest BCUT2D eigenvalue weighted by atomic mass is 9.79. The topological polar surface area (TPSA) is 100 Å². The zero-order chi connectivity index (χ0) is 34.3. The lowest BCUT2D eigenvalue weighted by Crippen LogP contribution is -2.69. The van der Waals surface area contributed by atoms with Crippen molar-refractivity contribution in [2.24, 2.45) is 0 Å². The molecule has 1 fully saturated rings. The number of hydrogen-bond acceptors (Lipinski definition) is 6. The van der Waals surface area contributed by atoms with Crippen molar-refractivity contribution in [2.75, 3.05) is 6.54 Å². The van der Waals surface area contributed by atoms with Crippen LogP contribution in [0.2, 0.25) is 5.02 Å². The molecule has 3 unspecified atom stereocenters. The van der Waals surface area contributed by atoms with Crippen LogP contribution in [0, 0.1) is 0 Å². The van der Waals surface area contributed by atoms with Gasteiger partial charge in [-0.15, -0.1) is 11.3 Å². The number of aromatic nitrogens is 1. The highest BCUT2D eigenvalue weighted by Crippen LogP contribution is 2.43. The molecule has 16 heteroatoms. The molecule has 2 amide bonds. The van der Waals surface area contributed by atoms with E-state index in [-0.39, 0.29) is 50.9 Å². The fraction of sp³-hybridized carbons (Fsp3) is 0.419. The second kappa shape index (κ2) is 13.0. The summed E-state index contributed by atoms with van der Waals surface area (Å²) < 4.78 is 88.8. The van der Waals surface area contributed by atoms with Gasteiger partial charge in [0.25, 0.3) is 11.8 Å². The first-order valence-electron chi connectivity index (χ1n) is 14.6. The number of aliphatic carboxylic acids is 1. The maximum atomic E-state index is 14.8. The quantitative estimate of drug-likeness (QED) is 0.264. The second-order valence-corrected chi connectivity index (χ2v) is 12.7. The lowest BCUT2D eigenvalue weighted by molar-refractivity contribution is -0.168. The average Bonchev–Trinajstić information content (AvgIpc) is 3.49.